The van der Waals surface area contributed by atoms with Gasteiger partial charge in [-0.25, -0.2) is 0 Å². The van der Waals surface area contributed by atoms with Crippen LogP contribution in [0.25, 0.3) is 10.2 Å². The van der Waals surface area contributed by atoms with Gasteiger partial charge in [-0.3, -0.25) is 9.88 Å². The minimum atomic E-state index is 0.299. The maximum atomic E-state index is 5.89. The summed E-state index contributed by atoms with van der Waals surface area (Å²) in [7, 11) is 0. The van der Waals surface area contributed by atoms with Crippen molar-refractivity contribution in [3.8, 4) is 0 Å². The number of rotatable bonds is 4. The zero-order valence-corrected chi connectivity index (χ0v) is 12.2. The van der Waals surface area contributed by atoms with E-state index in [0.29, 0.717) is 6.10 Å². The summed E-state index contributed by atoms with van der Waals surface area (Å²) in [6.07, 6.45) is 4.92. The largest absolute Gasteiger partial charge is 0.381 e. The van der Waals surface area contributed by atoms with Crippen LogP contribution in [0, 0.1) is 0 Å². The number of fused-ring (bicyclic) bond motifs is 1. The van der Waals surface area contributed by atoms with Crippen LogP contribution in [0.1, 0.15) is 12.8 Å². The van der Waals surface area contributed by atoms with Crippen LogP contribution in [-0.4, -0.2) is 48.3 Å². The van der Waals surface area contributed by atoms with Gasteiger partial charge in [0.2, 0.25) is 0 Å². The summed E-state index contributed by atoms with van der Waals surface area (Å²) in [6.45, 7) is 3.91. The number of nitrogens with one attached hydrogen (secondary N) is 1. The molecule has 1 atom stereocenters. The third-order valence-corrected chi connectivity index (χ3v) is 5.03. The molecular formula is C15H19N3OS. The van der Waals surface area contributed by atoms with E-state index in [1.54, 1.807) is 11.3 Å². The Morgan fingerprint density at radius 3 is 3.25 bits per heavy atom. The number of pyridine rings is 1. The predicted octanol–water partition coefficient (Wildman–Crippen LogP) is 2.57. The highest BCUT2D eigenvalue weighted by Crippen LogP contribution is 2.29. The topological polar surface area (TPSA) is 37.4 Å². The van der Waals surface area contributed by atoms with Gasteiger partial charge in [0, 0.05) is 31.9 Å². The van der Waals surface area contributed by atoms with Gasteiger partial charge < -0.3 is 10.1 Å². The van der Waals surface area contributed by atoms with Gasteiger partial charge in [0.25, 0.3) is 0 Å². The molecule has 2 aromatic rings. The Balaban J connectivity index is 1.41. The lowest BCUT2D eigenvalue weighted by Crippen LogP contribution is -2.46. The molecule has 1 saturated carbocycles. The van der Waals surface area contributed by atoms with Crippen molar-refractivity contribution in [1.29, 1.82) is 0 Å². The molecule has 1 aliphatic carbocycles. The van der Waals surface area contributed by atoms with E-state index in [4.69, 9.17) is 4.74 Å². The fourth-order valence-corrected chi connectivity index (χ4v) is 3.72. The quantitative estimate of drug-likeness (QED) is 0.938. The summed E-state index contributed by atoms with van der Waals surface area (Å²) < 4.78 is 7.12. The lowest BCUT2D eigenvalue weighted by atomic mass is 10.2. The summed E-state index contributed by atoms with van der Waals surface area (Å²) in [5.41, 5.74) is 2.25. The van der Waals surface area contributed by atoms with Crippen LogP contribution in [0.2, 0.25) is 0 Å². The molecule has 2 aromatic heterocycles. The number of morpholine rings is 1. The second-order valence-electron chi connectivity index (χ2n) is 5.59. The van der Waals surface area contributed by atoms with Crippen molar-refractivity contribution < 1.29 is 4.74 Å². The first-order valence-corrected chi connectivity index (χ1v) is 8.20. The third-order valence-electron chi connectivity index (χ3n) is 4.10. The Morgan fingerprint density at radius 1 is 1.40 bits per heavy atom. The number of ether oxygens (including phenoxy) is 1. The molecule has 1 aliphatic heterocycles. The Labute approximate surface area is 122 Å². The molecule has 0 bridgehead atoms. The Morgan fingerprint density at radius 2 is 2.35 bits per heavy atom. The van der Waals surface area contributed by atoms with Crippen LogP contribution in [0.5, 0.6) is 0 Å². The van der Waals surface area contributed by atoms with Crippen molar-refractivity contribution >= 4 is 27.2 Å². The Kier molecular flexibility index (Phi) is 3.34. The first-order valence-electron chi connectivity index (χ1n) is 7.32. The molecule has 3 heterocycles. The molecule has 2 fully saturated rings. The molecule has 0 radical (unpaired) electrons. The number of aromatic nitrogens is 1. The Bertz CT molecular complexity index is 596. The summed E-state index contributed by atoms with van der Waals surface area (Å²) in [5, 5.41) is 5.63. The monoisotopic (exact) mass is 289 g/mol. The maximum Gasteiger partial charge on any atom is 0.0874 e. The summed E-state index contributed by atoms with van der Waals surface area (Å²) >= 11 is 1.74. The first-order chi connectivity index (χ1) is 9.90. The number of hydrogen-bond acceptors (Lipinski definition) is 5. The third kappa shape index (κ3) is 2.53. The minimum Gasteiger partial charge on any atom is -0.381 e. The van der Waals surface area contributed by atoms with Crippen LogP contribution < -0.4 is 5.32 Å². The van der Waals surface area contributed by atoms with Gasteiger partial charge in [-0.2, -0.15) is 0 Å². The molecule has 1 saturated heterocycles. The minimum absolute atomic E-state index is 0.299. The normalized spacial score (nSPS) is 24.1. The highest BCUT2D eigenvalue weighted by Gasteiger charge is 2.32. The van der Waals surface area contributed by atoms with Crippen molar-refractivity contribution in [3.63, 3.8) is 0 Å². The maximum absolute atomic E-state index is 5.89. The number of thiophene rings is 1. The predicted molar refractivity (Wildman–Crippen MR) is 82.4 cm³/mol. The molecule has 1 N–H and O–H groups in total. The van der Waals surface area contributed by atoms with Crippen LogP contribution in [0.4, 0.5) is 5.69 Å². The van der Waals surface area contributed by atoms with Gasteiger partial charge in [0.05, 0.1) is 28.6 Å². The van der Waals surface area contributed by atoms with Gasteiger partial charge in [0.15, 0.2) is 0 Å². The van der Waals surface area contributed by atoms with Crippen molar-refractivity contribution in [2.24, 2.45) is 0 Å². The van der Waals surface area contributed by atoms with E-state index in [0.717, 1.165) is 37.8 Å². The fraction of sp³-hybridized carbons (Fsp3) is 0.533. The van der Waals surface area contributed by atoms with Crippen LogP contribution >= 0.6 is 11.3 Å². The van der Waals surface area contributed by atoms with Crippen LogP contribution in [0.3, 0.4) is 0 Å². The molecule has 20 heavy (non-hydrogen) atoms. The standard InChI is InChI=1S/C15H19N3OS/c1-2-11(1)18-6-7-19-12(10-18)9-17-13-3-5-16-14-4-8-20-15(13)14/h3-5,8,11-12H,1-2,6-7,9-10H2,(H,16,17). The van der Waals surface area contributed by atoms with Crippen LogP contribution in [-0.2, 0) is 4.74 Å². The average molecular weight is 289 g/mol. The Hall–Kier alpha value is -1.17. The van der Waals surface area contributed by atoms with E-state index in [1.807, 2.05) is 6.20 Å². The number of hydrogen-bond donors (Lipinski definition) is 1. The number of anilines is 1. The molecule has 4 rings (SSSR count). The summed E-state index contributed by atoms with van der Waals surface area (Å²) in [6, 6.07) is 4.96. The zero-order chi connectivity index (χ0) is 13.4. The van der Waals surface area contributed by atoms with E-state index >= 15 is 0 Å². The van der Waals surface area contributed by atoms with E-state index in [-0.39, 0.29) is 0 Å². The molecule has 0 spiro atoms. The first kappa shape index (κ1) is 12.6. The van der Waals surface area contributed by atoms with Crippen molar-refractivity contribution in [1.82, 2.24) is 9.88 Å². The van der Waals surface area contributed by atoms with E-state index in [2.05, 4.69) is 32.7 Å². The summed E-state index contributed by atoms with van der Waals surface area (Å²) in [4.78, 5) is 6.96. The lowest BCUT2D eigenvalue weighted by molar-refractivity contribution is -0.0241. The summed E-state index contributed by atoms with van der Waals surface area (Å²) in [5.74, 6) is 0. The van der Waals surface area contributed by atoms with Gasteiger partial charge in [-0.1, -0.05) is 0 Å². The second-order valence-corrected chi connectivity index (χ2v) is 6.51. The average Bonchev–Trinajstić information content (AvgIpc) is 3.23. The molecule has 0 aromatic carbocycles. The van der Waals surface area contributed by atoms with E-state index < -0.39 is 0 Å². The van der Waals surface area contributed by atoms with Gasteiger partial charge in [0.1, 0.15) is 0 Å². The molecule has 4 nitrogen and oxygen atoms in total. The lowest BCUT2D eigenvalue weighted by Gasteiger charge is -2.33. The van der Waals surface area contributed by atoms with Crippen molar-refractivity contribution in [3.05, 3.63) is 23.7 Å². The highest BCUT2D eigenvalue weighted by molar-refractivity contribution is 7.17. The van der Waals surface area contributed by atoms with Gasteiger partial charge in [-0.15, -0.1) is 11.3 Å². The second kappa shape index (κ2) is 5.31. The number of nitrogens with zero attached hydrogens (tertiary/aromatic N) is 2. The highest BCUT2D eigenvalue weighted by atomic mass is 32.1. The molecule has 1 unspecified atom stereocenters. The van der Waals surface area contributed by atoms with E-state index in [9.17, 15) is 0 Å². The molecular weight excluding hydrogens is 270 g/mol. The molecule has 2 aliphatic rings. The van der Waals surface area contributed by atoms with Gasteiger partial charge >= 0.3 is 0 Å². The molecule has 106 valence electrons. The van der Waals surface area contributed by atoms with E-state index in [1.165, 1.54) is 23.2 Å². The SMILES string of the molecule is c1cc(NCC2CN(C3CC3)CCO2)c2sccc2n1. The van der Waals surface area contributed by atoms with Crippen LogP contribution in [0.15, 0.2) is 23.7 Å². The smallest absolute Gasteiger partial charge is 0.0874 e. The van der Waals surface area contributed by atoms with Crippen molar-refractivity contribution in [2.45, 2.75) is 25.0 Å². The zero-order valence-electron chi connectivity index (χ0n) is 11.4. The van der Waals surface area contributed by atoms with Crippen molar-refractivity contribution in [2.75, 3.05) is 31.6 Å². The fourth-order valence-electron chi connectivity index (χ4n) is 2.87. The van der Waals surface area contributed by atoms with Gasteiger partial charge in [-0.05, 0) is 30.4 Å². The molecule has 5 heteroatoms. The molecule has 0 amide bonds.